The minimum absolute atomic E-state index is 0.0231. The van der Waals surface area contributed by atoms with Gasteiger partial charge in [0, 0.05) is 19.3 Å². The summed E-state index contributed by atoms with van der Waals surface area (Å²) in [4.78, 5) is 11.2. The van der Waals surface area contributed by atoms with E-state index in [1.54, 1.807) is 6.92 Å². The van der Waals surface area contributed by atoms with Crippen molar-refractivity contribution in [2.24, 2.45) is 0 Å². The van der Waals surface area contributed by atoms with Crippen LogP contribution in [0.5, 0.6) is 0 Å². The van der Waals surface area contributed by atoms with Gasteiger partial charge in [-0.1, -0.05) is 6.92 Å². The average molecular weight is 316 g/mol. The van der Waals surface area contributed by atoms with Crippen molar-refractivity contribution in [2.75, 3.05) is 13.2 Å². The zero-order valence-corrected chi connectivity index (χ0v) is 12.9. The van der Waals surface area contributed by atoms with E-state index in [4.69, 9.17) is 9.84 Å². The highest BCUT2D eigenvalue weighted by molar-refractivity contribution is 7.89. The second-order valence-corrected chi connectivity index (χ2v) is 7.21. The molecule has 0 amide bonds. The van der Waals surface area contributed by atoms with E-state index in [-0.39, 0.29) is 10.6 Å². The van der Waals surface area contributed by atoms with E-state index in [1.807, 2.05) is 6.92 Å². The molecule has 7 nitrogen and oxygen atoms in total. The van der Waals surface area contributed by atoms with Crippen molar-refractivity contribution in [2.45, 2.75) is 43.7 Å². The van der Waals surface area contributed by atoms with Gasteiger partial charge in [-0.25, -0.2) is 17.9 Å². The van der Waals surface area contributed by atoms with Crippen molar-refractivity contribution < 1.29 is 23.1 Å². The molecule has 0 aliphatic carbocycles. The minimum Gasteiger partial charge on any atom is -0.477 e. The van der Waals surface area contributed by atoms with Crippen LogP contribution < -0.4 is 4.72 Å². The summed E-state index contributed by atoms with van der Waals surface area (Å²) in [5.41, 5.74) is -0.667. The molecular formula is C13H20N2O5S. The number of carboxylic acid groups (broad SMARTS) is 1. The molecule has 1 saturated heterocycles. The third-order valence-electron chi connectivity index (χ3n) is 3.46. The van der Waals surface area contributed by atoms with Crippen LogP contribution >= 0.6 is 0 Å². The van der Waals surface area contributed by atoms with Crippen LogP contribution in [-0.4, -0.2) is 42.8 Å². The Bertz CT molecular complexity index is 629. The van der Waals surface area contributed by atoms with E-state index in [9.17, 15) is 13.2 Å². The van der Waals surface area contributed by atoms with Gasteiger partial charge < -0.3 is 14.4 Å². The number of sulfonamides is 1. The Labute approximate surface area is 124 Å². The molecule has 0 spiro atoms. The van der Waals surface area contributed by atoms with Crippen molar-refractivity contribution in [3.8, 4) is 0 Å². The molecule has 1 unspecified atom stereocenters. The van der Waals surface area contributed by atoms with Crippen molar-refractivity contribution in [3.63, 3.8) is 0 Å². The van der Waals surface area contributed by atoms with Gasteiger partial charge in [0.1, 0.15) is 10.6 Å². The number of hydrogen-bond donors (Lipinski definition) is 2. The molecule has 8 heteroatoms. The van der Waals surface area contributed by atoms with Crippen LogP contribution in [0.25, 0.3) is 0 Å². The van der Waals surface area contributed by atoms with Crippen LogP contribution in [0.15, 0.2) is 17.2 Å². The van der Waals surface area contributed by atoms with Crippen LogP contribution in [0.2, 0.25) is 0 Å². The Kier molecular flexibility index (Phi) is 4.40. The standard InChI is InChI=1S/C13H20N2O5S/c1-3-5-15-8-10(7-11(15)12(16)17)21(18,19)14-13(2)4-6-20-9-13/h7-8,14H,3-6,9H2,1-2H3,(H,16,17). The highest BCUT2D eigenvalue weighted by atomic mass is 32.2. The Hall–Kier alpha value is -1.38. The van der Waals surface area contributed by atoms with Gasteiger partial charge in [0.2, 0.25) is 10.0 Å². The van der Waals surface area contributed by atoms with Crippen LogP contribution in [0.4, 0.5) is 0 Å². The van der Waals surface area contributed by atoms with Crippen LogP contribution in [0.3, 0.4) is 0 Å². The number of nitrogens with zero attached hydrogens (tertiary/aromatic N) is 1. The molecule has 0 bridgehead atoms. The topological polar surface area (TPSA) is 97.6 Å². The number of aryl methyl sites for hydroxylation is 1. The molecule has 2 N–H and O–H groups in total. The largest absolute Gasteiger partial charge is 0.477 e. The zero-order valence-electron chi connectivity index (χ0n) is 12.1. The van der Waals surface area contributed by atoms with E-state index in [0.29, 0.717) is 32.6 Å². The predicted molar refractivity (Wildman–Crippen MR) is 75.8 cm³/mol. The van der Waals surface area contributed by atoms with Gasteiger partial charge in [-0.3, -0.25) is 0 Å². The molecule has 1 aliphatic heterocycles. The summed E-state index contributed by atoms with van der Waals surface area (Å²) in [5.74, 6) is -1.14. The summed E-state index contributed by atoms with van der Waals surface area (Å²) >= 11 is 0. The number of rotatable bonds is 6. The van der Waals surface area contributed by atoms with Crippen molar-refractivity contribution in [1.29, 1.82) is 0 Å². The molecule has 0 radical (unpaired) electrons. The number of hydrogen-bond acceptors (Lipinski definition) is 4. The lowest BCUT2D eigenvalue weighted by Gasteiger charge is -2.22. The maximum Gasteiger partial charge on any atom is 0.352 e. The molecule has 2 rings (SSSR count). The third-order valence-corrected chi connectivity index (χ3v) is 5.07. The molecule has 118 valence electrons. The molecule has 1 aromatic heterocycles. The number of carbonyl (C=O) groups is 1. The Morgan fingerprint density at radius 2 is 2.29 bits per heavy atom. The smallest absolute Gasteiger partial charge is 0.352 e. The first-order valence-electron chi connectivity index (χ1n) is 6.82. The monoisotopic (exact) mass is 316 g/mol. The maximum atomic E-state index is 12.4. The van der Waals surface area contributed by atoms with E-state index < -0.39 is 21.5 Å². The summed E-state index contributed by atoms with van der Waals surface area (Å²) in [7, 11) is -3.77. The zero-order chi connectivity index (χ0) is 15.7. The predicted octanol–water partition coefficient (Wildman–Crippen LogP) is 1.05. The lowest BCUT2D eigenvalue weighted by atomic mass is 10.0. The molecule has 21 heavy (non-hydrogen) atoms. The van der Waals surface area contributed by atoms with E-state index in [0.717, 1.165) is 0 Å². The SMILES string of the molecule is CCCn1cc(S(=O)(=O)NC2(C)CCOC2)cc1C(=O)O. The molecule has 2 heterocycles. The highest BCUT2D eigenvalue weighted by Crippen LogP contribution is 2.22. The van der Waals surface area contributed by atoms with E-state index >= 15 is 0 Å². The quantitative estimate of drug-likeness (QED) is 0.817. The number of aromatic carboxylic acids is 1. The summed E-state index contributed by atoms with van der Waals surface area (Å²) in [5, 5.41) is 9.15. The van der Waals surface area contributed by atoms with Gasteiger partial charge in [-0.2, -0.15) is 0 Å². The molecule has 0 saturated carbocycles. The maximum absolute atomic E-state index is 12.4. The second-order valence-electron chi connectivity index (χ2n) is 5.53. The normalized spacial score (nSPS) is 22.6. The average Bonchev–Trinajstić information content (AvgIpc) is 2.96. The Balaban J connectivity index is 2.31. The van der Waals surface area contributed by atoms with E-state index in [2.05, 4.69) is 4.72 Å². The summed E-state index contributed by atoms with van der Waals surface area (Å²) in [6.45, 7) is 4.95. The van der Waals surface area contributed by atoms with Crippen LogP contribution in [-0.2, 0) is 21.3 Å². The fourth-order valence-electron chi connectivity index (χ4n) is 2.37. The molecular weight excluding hydrogens is 296 g/mol. The number of ether oxygens (including phenoxy) is 1. The number of carboxylic acids is 1. The molecule has 1 fully saturated rings. The first kappa shape index (κ1) is 16.0. The highest BCUT2D eigenvalue weighted by Gasteiger charge is 2.35. The number of aromatic nitrogens is 1. The van der Waals surface area contributed by atoms with Crippen molar-refractivity contribution >= 4 is 16.0 Å². The van der Waals surface area contributed by atoms with Gasteiger partial charge >= 0.3 is 5.97 Å². The lowest BCUT2D eigenvalue weighted by Crippen LogP contribution is -2.46. The molecule has 1 atom stereocenters. The molecule has 1 aromatic rings. The van der Waals surface area contributed by atoms with Crippen LogP contribution in [0.1, 0.15) is 37.2 Å². The van der Waals surface area contributed by atoms with Crippen LogP contribution in [0, 0.1) is 0 Å². The number of nitrogens with one attached hydrogen (secondary N) is 1. The van der Waals surface area contributed by atoms with E-state index in [1.165, 1.54) is 16.8 Å². The molecule has 1 aliphatic rings. The van der Waals surface area contributed by atoms with Gasteiger partial charge in [-0.15, -0.1) is 0 Å². The Morgan fingerprint density at radius 3 is 2.81 bits per heavy atom. The summed E-state index contributed by atoms with van der Waals surface area (Å²) in [6, 6.07) is 1.19. The fraction of sp³-hybridized carbons (Fsp3) is 0.615. The van der Waals surface area contributed by atoms with Crippen molar-refractivity contribution in [1.82, 2.24) is 9.29 Å². The fourth-order valence-corrected chi connectivity index (χ4v) is 3.83. The van der Waals surface area contributed by atoms with Gasteiger partial charge in [0.15, 0.2) is 0 Å². The summed E-state index contributed by atoms with van der Waals surface area (Å²) < 4.78 is 34.1. The van der Waals surface area contributed by atoms with Crippen molar-refractivity contribution in [3.05, 3.63) is 18.0 Å². The Morgan fingerprint density at radius 1 is 1.57 bits per heavy atom. The minimum atomic E-state index is -3.77. The van der Waals surface area contributed by atoms with Gasteiger partial charge in [0.25, 0.3) is 0 Å². The van der Waals surface area contributed by atoms with Gasteiger partial charge in [0.05, 0.1) is 12.1 Å². The third kappa shape index (κ3) is 3.45. The second kappa shape index (κ2) is 5.78. The summed E-state index contributed by atoms with van der Waals surface area (Å²) in [6.07, 6.45) is 2.68. The lowest BCUT2D eigenvalue weighted by molar-refractivity contribution is 0.0685. The molecule has 0 aromatic carbocycles. The first-order chi connectivity index (χ1) is 9.77. The first-order valence-corrected chi connectivity index (χ1v) is 8.31. The van der Waals surface area contributed by atoms with Gasteiger partial charge in [-0.05, 0) is 25.8 Å².